The average Bonchev–Trinajstić information content (AvgIpc) is 2.12. The molecule has 0 rings (SSSR count). The Hall–Kier alpha value is -0.113. The van der Waals surface area contributed by atoms with Gasteiger partial charge in [-0.25, -0.2) is 0 Å². The molecule has 0 heterocycles. The van der Waals surface area contributed by atoms with Gasteiger partial charge in [0.05, 0.1) is 19.1 Å². The first-order valence-corrected chi connectivity index (χ1v) is 6.39. The van der Waals surface area contributed by atoms with Crippen LogP contribution in [-0.2, 0) is 13.6 Å². The van der Waals surface area contributed by atoms with Crippen LogP contribution in [0.15, 0.2) is 0 Å². The summed E-state index contributed by atoms with van der Waals surface area (Å²) in [4.78, 5) is 0. The lowest BCUT2D eigenvalue weighted by molar-refractivity contribution is -0.147. The van der Waals surface area contributed by atoms with E-state index < -0.39 is 21.9 Å². The molecule has 0 aliphatic rings. The average molecular weight is 246 g/mol. The molecule has 0 aromatic carbocycles. The SMILES string of the molecule is CO[SiH](CC(C)OCCC(F)(F)F)OC. The lowest BCUT2D eigenvalue weighted by Crippen LogP contribution is -2.26. The van der Waals surface area contributed by atoms with E-state index in [1.807, 2.05) is 0 Å². The molecule has 0 aliphatic heterocycles. The molecule has 1 atom stereocenters. The molecule has 0 saturated heterocycles. The Balaban J connectivity index is 3.61. The maximum absolute atomic E-state index is 11.8. The molecule has 0 fully saturated rings. The van der Waals surface area contributed by atoms with Crippen molar-refractivity contribution in [3.05, 3.63) is 0 Å². The number of ether oxygens (including phenoxy) is 1. The maximum atomic E-state index is 11.8. The fraction of sp³-hybridized carbons (Fsp3) is 1.00. The van der Waals surface area contributed by atoms with E-state index in [0.29, 0.717) is 6.04 Å². The second-order valence-corrected chi connectivity index (χ2v) is 5.46. The van der Waals surface area contributed by atoms with Crippen LogP contribution in [0.4, 0.5) is 13.2 Å². The molecule has 92 valence electrons. The Morgan fingerprint density at radius 2 is 1.73 bits per heavy atom. The normalized spacial score (nSPS) is 14.6. The van der Waals surface area contributed by atoms with E-state index in [1.54, 1.807) is 6.92 Å². The molecule has 0 radical (unpaired) electrons. The molecular formula is C8H17F3O3Si. The summed E-state index contributed by atoms with van der Waals surface area (Å²) in [5.74, 6) is 0. The van der Waals surface area contributed by atoms with Crippen molar-refractivity contribution in [3.63, 3.8) is 0 Å². The van der Waals surface area contributed by atoms with Crippen LogP contribution < -0.4 is 0 Å². The van der Waals surface area contributed by atoms with Gasteiger partial charge in [0.25, 0.3) is 0 Å². The van der Waals surface area contributed by atoms with Crippen LogP contribution in [0.3, 0.4) is 0 Å². The smallest absolute Gasteiger partial charge is 0.391 e. The minimum atomic E-state index is -4.15. The third-order valence-corrected chi connectivity index (χ3v) is 3.94. The topological polar surface area (TPSA) is 27.7 Å². The van der Waals surface area contributed by atoms with Gasteiger partial charge in [0.15, 0.2) is 0 Å². The number of hydrogen-bond acceptors (Lipinski definition) is 3. The van der Waals surface area contributed by atoms with Crippen molar-refractivity contribution in [2.24, 2.45) is 0 Å². The Kier molecular flexibility index (Phi) is 7.15. The highest BCUT2D eigenvalue weighted by Gasteiger charge is 2.27. The maximum Gasteiger partial charge on any atom is 0.391 e. The largest absolute Gasteiger partial charge is 0.400 e. The molecule has 7 heteroatoms. The molecule has 0 aliphatic carbocycles. The predicted molar refractivity (Wildman–Crippen MR) is 52.1 cm³/mol. The molecule has 0 amide bonds. The number of rotatable bonds is 7. The molecule has 3 nitrogen and oxygen atoms in total. The highest BCUT2D eigenvalue weighted by molar-refractivity contribution is 6.44. The van der Waals surface area contributed by atoms with Crippen molar-refractivity contribution < 1.29 is 26.8 Å². The number of alkyl halides is 3. The second-order valence-electron chi connectivity index (χ2n) is 3.18. The minimum absolute atomic E-state index is 0.260. The Labute approximate surface area is 89.4 Å². The Bertz CT molecular complexity index is 162. The van der Waals surface area contributed by atoms with E-state index in [0.717, 1.165) is 0 Å². The molecule has 0 aromatic heterocycles. The van der Waals surface area contributed by atoms with Crippen molar-refractivity contribution in [1.82, 2.24) is 0 Å². The molecule has 0 aromatic rings. The monoisotopic (exact) mass is 246 g/mol. The summed E-state index contributed by atoms with van der Waals surface area (Å²) < 4.78 is 50.4. The van der Waals surface area contributed by atoms with Gasteiger partial charge in [-0.3, -0.25) is 0 Å². The van der Waals surface area contributed by atoms with Crippen LogP contribution >= 0.6 is 0 Å². The van der Waals surface area contributed by atoms with E-state index in [-0.39, 0.29) is 12.7 Å². The van der Waals surface area contributed by atoms with Crippen LogP contribution in [0.1, 0.15) is 13.3 Å². The first kappa shape index (κ1) is 14.9. The molecule has 0 bridgehead atoms. The molecule has 0 N–H and O–H groups in total. The van der Waals surface area contributed by atoms with Crippen LogP contribution in [-0.4, -0.2) is 42.4 Å². The summed E-state index contributed by atoms with van der Waals surface area (Å²) >= 11 is 0. The zero-order chi connectivity index (χ0) is 11.9. The molecule has 15 heavy (non-hydrogen) atoms. The molecule has 0 spiro atoms. The van der Waals surface area contributed by atoms with Crippen molar-refractivity contribution >= 4 is 9.28 Å². The van der Waals surface area contributed by atoms with E-state index in [2.05, 4.69) is 0 Å². The molecule has 0 saturated carbocycles. The van der Waals surface area contributed by atoms with Crippen molar-refractivity contribution in [2.45, 2.75) is 31.7 Å². The van der Waals surface area contributed by atoms with Gasteiger partial charge in [0.1, 0.15) is 0 Å². The van der Waals surface area contributed by atoms with Gasteiger partial charge in [-0.1, -0.05) is 0 Å². The standard InChI is InChI=1S/C8H17F3O3Si/c1-7(6-15(12-2)13-3)14-5-4-8(9,10)11/h7,15H,4-6H2,1-3H3. The molecular weight excluding hydrogens is 229 g/mol. The first-order valence-electron chi connectivity index (χ1n) is 4.63. The van der Waals surface area contributed by atoms with Crippen LogP contribution in [0.25, 0.3) is 0 Å². The van der Waals surface area contributed by atoms with Crippen molar-refractivity contribution in [1.29, 1.82) is 0 Å². The van der Waals surface area contributed by atoms with Crippen LogP contribution in [0.2, 0.25) is 6.04 Å². The van der Waals surface area contributed by atoms with Crippen LogP contribution in [0, 0.1) is 0 Å². The third-order valence-electron chi connectivity index (χ3n) is 1.84. The quantitative estimate of drug-likeness (QED) is 0.642. The molecule has 1 unspecified atom stereocenters. The van der Waals surface area contributed by atoms with Crippen molar-refractivity contribution in [3.8, 4) is 0 Å². The van der Waals surface area contributed by atoms with Gasteiger partial charge in [-0.05, 0) is 6.92 Å². The van der Waals surface area contributed by atoms with Crippen LogP contribution in [0.5, 0.6) is 0 Å². The van der Waals surface area contributed by atoms with Gasteiger partial charge >= 0.3 is 15.5 Å². The summed E-state index contributed by atoms with van der Waals surface area (Å²) in [6.07, 6.45) is -5.33. The zero-order valence-electron chi connectivity index (χ0n) is 9.13. The van der Waals surface area contributed by atoms with Gasteiger partial charge < -0.3 is 13.6 Å². The van der Waals surface area contributed by atoms with Crippen molar-refractivity contribution in [2.75, 3.05) is 20.8 Å². The summed E-state index contributed by atoms with van der Waals surface area (Å²) in [6.45, 7) is 1.41. The van der Waals surface area contributed by atoms with Gasteiger partial charge in [0.2, 0.25) is 0 Å². The summed E-state index contributed by atoms with van der Waals surface area (Å²) in [5, 5.41) is 0. The van der Waals surface area contributed by atoms with Gasteiger partial charge in [-0.15, -0.1) is 0 Å². The second kappa shape index (κ2) is 7.21. The highest BCUT2D eigenvalue weighted by Crippen LogP contribution is 2.19. The van der Waals surface area contributed by atoms with Gasteiger partial charge in [-0.2, -0.15) is 13.2 Å². The summed E-state index contributed by atoms with van der Waals surface area (Å²) in [6, 6.07) is 0.546. The zero-order valence-corrected chi connectivity index (χ0v) is 10.3. The number of hydrogen-bond donors (Lipinski definition) is 0. The number of halogens is 3. The fourth-order valence-electron chi connectivity index (χ4n) is 1.00. The lowest BCUT2D eigenvalue weighted by Gasteiger charge is -2.17. The van der Waals surface area contributed by atoms with E-state index in [9.17, 15) is 13.2 Å². The predicted octanol–water partition coefficient (Wildman–Crippen LogP) is 1.86. The van der Waals surface area contributed by atoms with E-state index >= 15 is 0 Å². The lowest BCUT2D eigenvalue weighted by atomic mass is 10.4. The van der Waals surface area contributed by atoms with E-state index in [1.165, 1.54) is 14.2 Å². The Morgan fingerprint density at radius 1 is 1.20 bits per heavy atom. The van der Waals surface area contributed by atoms with Gasteiger partial charge in [0, 0.05) is 20.3 Å². The Morgan fingerprint density at radius 3 is 2.13 bits per heavy atom. The van der Waals surface area contributed by atoms with E-state index in [4.69, 9.17) is 13.6 Å². The highest BCUT2D eigenvalue weighted by atomic mass is 28.3. The first-order chi connectivity index (χ1) is 6.89. The third kappa shape index (κ3) is 8.85. The minimum Gasteiger partial charge on any atom is -0.400 e. The fourth-order valence-corrected chi connectivity index (χ4v) is 2.26. The summed E-state index contributed by atoms with van der Waals surface area (Å²) in [7, 11) is 1.32. The summed E-state index contributed by atoms with van der Waals surface area (Å²) in [5.41, 5.74) is 0.